The van der Waals surface area contributed by atoms with Gasteiger partial charge in [0.15, 0.2) is 0 Å². The van der Waals surface area contributed by atoms with Gasteiger partial charge in [-0.05, 0) is 47.4 Å². The summed E-state index contributed by atoms with van der Waals surface area (Å²) in [5.74, 6) is 0. The van der Waals surface area contributed by atoms with E-state index in [0.717, 1.165) is 10.6 Å². The van der Waals surface area contributed by atoms with Gasteiger partial charge in [-0.3, -0.25) is 0 Å². The molecule has 2 rings (SSSR count). The predicted octanol–water partition coefficient (Wildman–Crippen LogP) is 3.46. The molecule has 1 aromatic heterocycles. The first-order valence-corrected chi connectivity index (χ1v) is 6.92. The maximum absolute atomic E-state index is 6.10. The maximum Gasteiger partial charge on any atom is 0.116 e. The first kappa shape index (κ1) is 9.06. The lowest BCUT2D eigenvalue weighted by atomic mass is 10.3. The molecule has 0 amide bonds. The molecular formula is C8H6Cl2N2S. The van der Waals surface area contributed by atoms with E-state index >= 15 is 0 Å². The number of allylic oxidation sites excluding steroid dienone is 2. The Bertz CT molecular complexity index is 373. The topological polar surface area (TPSA) is 25.8 Å². The summed E-state index contributed by atoms with van der Waals surface area (Å²) in [7, 11) is 10.4. The molecule has 0 atom stereocenters. The normalized spacial score (nSPS) is 21.2. The highest BCUT2D eigenvalue weighted by atomic mass is 36.0. The first-order valence-electron chi connectivity index (χ1n) is 3.57. The smallest absolute Gasteiger partial charge is 0.116 e. The SMILES string of the molecule is ClS1(Cl)C=CC=C1c1ccncn1. The van der Waals surface area contributed by atoms with Gasteiger partial charge < -0.3 is 0 Å². The largest absolute Gasteiger partial charge is 0.245 e. The van der Waals surface area contributed by atoms with Gasteiger partial charge in [0, 0.05) is 11.1 Å². The van der Waals surface area contributed by atoms with E-state index in [9.17, 15) is 0 Å². The zero-order chi connectivity index (χ0) is 9.31. The molecular weight excluding hydrogens is 227 g/mol. The molecule has 0 radical (unpaired) electrons. The van der Waals surface area contributed by atoms with E-state index in [4.69, 9.17) is 21.4 Å². The van der Waals surface area contributed by atoms with Gasteiger partial charge in [0.05, 0.1) is 5.69 Å². The number of hydrogen-bond acceptors (Lipinski definition) is 2. The fourth-order valence-electron chi connectivity index (χ4n) is 1.05. The van der Waals surface area contributed by atoms with Crippen LogP contribution in [0, 0.1) is 0 Å². The third-order valence-electron chi connectivity index (χ3n) is 1.62. The van der Waals surface area contributed by atoms with Crippen LogP contribution in [0.4, 0.5) is 0 Å². The minimum absolute atomic E-state index is 0.792. The molecule has 0 saturated heterocycles. The van der Waals surface area contributed by atoms with E-state index in [2.05, 4.69) is 9.97 Å². The van der Waals surface area contributed by atoms with Gasteiger partial charge in [-0.15, -0.1) is 0 Å². The zero-order valence-corrected chi connectivity index (χ0v) is 8.85. The monoisotopic (exact) mass is 232 g/mol. The summed E-state index contributed by atoms with van der Waals surface area (Å²) in [5, 5.41) is 1.80. The highest BCUT2D eigenvalue weighted by Crippen LogP contribution is 2.71. The molecule has 0 unspecified atom stereocenters. The number of nitrogens with zero attached hydrogens (tertiary/aromatic N) is 2. The molecule has 0 fully saturated rings. The third kappa shape index (κ3) is 1.73. The minimum Gasteiger partial charge on any atom is -0.245 e. The van der Waals surface area contributed by atoms with Crippen LogP contribution in [0.3, 0.4) is 0 Å². The van der Waals surface area contributed by atoms with E-state index < -0.39 is 8.46 Å². The number of aromatic nitrogens is 2. The van der Waals surface area contributed by atoms with Crippen molar-refractivity contribution < 1.29 is 0 Å². The molecule has 2 nitrogen and oxygen atoms in total. The van der Waals surface area contributed by atoms with Crippen molar-refractivity contribution in [3.05, 3.63) is 41.8 Å². The Kier molecular flexibility index (Phi) is 2.32. The molecule has 1 aliphatic rings. The Balaban J connectivity index is 2.40. The second-order valence-corrected chi connectivity index (χ2v) is 7.59. The van der Waals surface area contributed by atoms with E-state index in [1.165, 1.54) is 6.33 Å². The van der Waals surface area contributed by atoms with Crippen LogP contribution in [0.15, 0.2) is 36.2 Å². The fourth-order valence-corrected chi connectivity index (χ4v) is 3.27. The van der Waals surface area contributed by atoms with Crippen molar-refractivity contribution in [1.29, 1.82) is 0 Å². The molecule has 68 valence electrons. The molecule has 0 aliphatic carbocycles. The van der Waals surface area contributed by atoms with Gasteiger partial charge in [0.1, 0.15) is 6.33 Å². The zero-order valence-electron chi connectivity index (χ0n) is 6.52. The standard InChI is InChI=1S/C8H6Cl2N2S/c9-13(10)5-1-2-8(13)7-3-4-11-6-12-7/h1-6H. The molecule has 5 heteroatoms. The summed E-state index contributed by atoms with van der Waals surface area (Å²) in [5.41, 5.74) is 0.792. The van der Waals surface area contributed by atoms with Crippen LogP contribution < -0.4 is 0 Å². The van der Waals surface area contributed by atoms with E-state index in [0.29, 0.717) is 0 Å². The first-order chi connectivity index (χ1) is 6.20. The Morgan fingerprint density at radius 1 is 1.31 bits per heavy atom. The summed E-state index contributed by atoms with van der Waals surface area (Å²) in [6.07, 6.45) is 6.90. The lowest BCUT2D eigenvalue weighted by Gasteiger charge is -2.19. The molecule has 0 spiro atoms. The Labute approximate surface area is 86.6 Å². The van der Waals surface area contributed by atoms with Crippen molar-refractivity contribution in [1.82, 2.24) is 9.97 Å². The second-order valence-electron chi connectivity index (χ2n) is 2.46. The lowest BCUT2D eigenvalue weighted by Crippen LogP contribution is -1.88. The fraction of sp³-hybridized carbons (Fsp3) is 0. The van der Waals surface area contributed by atoms with Crippen LogP contribution in [0.5, 0.6) is 0 Å². The molecule has 1 aromatic rings. The summed E-state index contributed by atoms with van der Waals surface area (Å²) in [6.45, 7) is 0. The number of halogens is 2. The average molecular weight is 233 g/mol. The molecule has 0 N–H and O–H groups in total. The van der Waals surface area contributed by atoms with Crippen LogP contribution in [-0.2, 0) is 0 Å². The lowest BCUT2D eigenvalue weighted by molar-refractivity contribution is 1.15. The van der Waals surface area contributed by atoms with Crippen molar-refractivity contribution in [2.24, 2.45) is 0 Å². The van der Waals surface area contributed by atoms with E-state index in [-0.39, 0.29) is 0 Å². The number of hydrogen-bond donors (Lipinski definition) is 0. The summed E-state index contributed by atoms with van der Waals surface area (Å²) >= 11 is 0. The van der Waals surface area contributed by atoms with Crippen LogP contribution in [-0.4, -0.2) is 9.97 Å². The molecule has 2 heterocycles. The summed E-state index contributed by atoms with van der Waals surface area (Å²) in [4.78, 5) is 8.79. The summed E-state index contributed by atoms with van der Waals surface area (Å²) in [6, 6.07) is 1.80. The van der Waals surface area contributed by atoms with Gasteiger partial charge in [-0.25, -0.2) is 9.97 Å². The molecule has 1 aliphatic heterocycles. The van der Waals surface area contributed by atoms with Gasteiger partial charge in [0.25, 0.3) is 0 Å². The molecule has 0 bridgehead atoms. The van der Waals surface area contributed by atoms with Gasteiger partial charge in [-0.1, -0.05) is 6.08 Å². The van der Waals surface area contributed by atoms with Gasteiger partial charge in [0.2, 0.25) is 0 Å². The van der Waals surface area contributed by atoms with Crippen LogP contribution in [0.1, 0.15) is 5.69 Å². The van der Waals surface area contributed by atoms with E-state index in [1.807, 2.05) is 12.2 Å². The van der Waals surface area contributed by atoms with Gasteiger partial charge in [-0.2, -0.15) is 0 Å². The third-order valence-corrected chi connectivity index (χ3v) is 4.67. The highest BCUT2D eigenvalue weighted by molar-refractivity contribution is 8.73. The van der Waals surface area contributed by atoms with Crippen molar-refractivity contribution in [3.8, 4) is 0 Å². The Morgan fingerprint density at radius 3 is 2.69 bits per heavy atom. The Morgan fingerprint density at radius 2 is 2.15 bits per heavy atom. The summed E-state index contributed by atoms with van der Waals surface area (Å²) < 4.78 is 0. The van der Waals surface area contributed by atoms with Crippen LogP contribution >= 0.6 is 29.8 Å². The van der Waals surface area contributed by atoms with Crippen molar-refractivity contribution in [2.45, 2.75) is 0 Å². The van der Waals surface area contributed by atoms with Crippen molar-refractivity contribution >= 4 is 34.7 Å². The van der Waals surface area contributed by atoms with Crippen molar-refractivity contribution in [2.75, 3.05) is 0 Å². The quantitative estimate of drug-likeness (QED) is 0.742. The second kappa shape index (κ2) is 3.33. The predicted molar refractivity (Wildman–Crippen MR) is 58.4 cm³/mol. The molecule has 0 saturated carbocycles. The molecule has 0 aromatic carbocycles. The average Bonchev–Trinajstić information content (AvgIpc) is 2.47. The van der Waals surface area contributed by atoms with E-state index in [1.54, 1.807) is 17.7 Å². The highest BCUT2D eigenvalue weighted by Gasteiger charge is 2.25. The Hall–Kier alpha value is -0.510. The van der Waals surface area contributed by atoms with Gasteiger partial charge >= 0.3 is 0 Å². The van der Waals surface area contributed by atoms with Crippen LogP contribution in [0.25, 0.3) is 4.91 Å². The molecule has 13 heavy (non-hydrogen) atoms. The van der Waals surface area contributed by atoms with Crippen molar-refractivity contribution in [3.63, 3.8) is 0 Å². The maximum atomic E-state index is 6.10. The number of rotatable bonds is 1. The van der Waals surface area contributed by atoms with Crippen LogP contribution in [0.2, 0.25) is 0 Å². The minimum atomic E-state index is -1.81.